The highest BCUT2D eigenvalue weighted by atomic mass is 32.1. The van der Waals surface area contributed by atoms with Gasteiger partial charge < -0.3 is 4.90 Å². The van der Waals surface area contributed by atoms with Gasteiger partial charge in [-0.1, -0.05) is 208 Å². The van der Waals surface area contributed by atoms with Crippen LogP contribution in [0.2, 0.25) is 0 Å². The van der Waals surface area contributed by atoms with Crippen LogP contribution in [0.3, 0.4) is 0 Å². The Kier molecular flexibility index (Phi) is 10.5. The van der Waals surface area contributed by atoms with Crippen molar-refractivity contribution in [3.63, 3.8) is 0 Å². The quantitative estimate of drug-likeness (QED) is 0.149. The predicted molar refractivity (Wildman–Crippen MR) is 361 cm³/mol. The zero-order valence-corrected chi connectivity index (χ0v) is 47.8. The fourth-order valence-electron chi connectivity index (χ4n) is 14.5. The van der Waals surface area contributed by atoms with Crippen molar-refractivity contribution in [3.8, 4) is 51.0 Å². The molecule has 6 nitrogen and oxygen atoms in total. The number of rotatable bonds is 7. The Balaban J connectivity index is 0.917. The van der Waals surface area contributed by atoms with Crippen LogP contribution in [0.15, 0.2) is 267 Å². The second-order valence-corrected chi connectivity index (χ2v) is 24.3. The molecule has 0 unspecified atom stereocenters. The van der Waals surface area contributed by atoms with Crippen LogP contribution in [0, 0.1) is 0 Å². The first-order valence-electron chi connectivity index (χ1n) is 29.4. The van der Waals surface area contributed by atoms with Gasteiger partial charge in [-0.15, -0.1) is 11.3 Å². The first-order valence-corrected chi connectivity index (χ1v) is 30.2. The highest BCUT2D eigenvalue weighted by molar-refractivity contribution is 7.26. The van der Waals surface area contributed by atoms with E-state index in [0.717, 1.165) is 55.7 Å². The van der Waals surface area contributed by atoms with E-state index in [1.165, 1.54) is 102 Å². The standard InChI is InChI=1S/C79H50N6S/c1-79(2)67-44-50(84(69-33-18-32-62-60-30-16-17-34-72(60)86-75(62)69)70-43-49-21-6-7-23-52(49)53-24-13-14-29-59(53)70)35-36-58(67)61-37-38-68-73(74(61)79)66-45-64-56-27-11-9-25-54(56)55-26-10-12-28-57(55)65(64)46-71(66)85(68)78-82-76(48-39-41-80-42-40-48)81-77(83-78)63-31-15-8-22-51(63)47-19-4-3-5-20-47/h3-46H,1-2H3. The van der Waals surface area contributed by atoms with Crippen molar-refractivity contribution in [2.45, 2.75) is 19.3 Å². The van der Waals surface area contributed by atoms with Gasteiger partial charge in [-0.25, -0.2) is 4.98 Å². The third-order valence-electron chi connectivity index (χ3n) is 18.3. The Morgan fingerprint density at radius 1 is 0.384 bits per heavy atom. The van der Waals surface area contributed by atoms with Crippen molar-refractivity contribution >= 4 is 124 Å². The lowest BCUT2D eigenvalue weighted by Crippen LogP contribution is -2.17. The lowest BCUT2D eigenvalue weighted by Gasteiger charge is -2.30. The maximum absolute atomic E-state index is 5.60. The molecule has 0 spiro atoms. The lowest BCUT2D eigenvalue weighted by atomic mass is 9.80. The molecule has 0 atom stereocenters. The Hall–Kier alpha value is -10.9. The molecule has 86 heavy (non-hydrogen) atoms. The van der Waals surface area contributed by atoms with Crippen LogP contribution < -0.4 is 4.90 Å². The second kappa shape index (κ2) is 18.6. The fraction of sp³-hybridized carbons (Fsp3) is 0.0380. The van der Waals surface area contributed by atoms with Gasteiger partial charge in [-0.3, -0.25) is 9.55 Å². The van der Waals surface area contributed by atoms with Gasteiger partial charge in [0.2, 0.25) is 5.95 Å². The van der Waals surface area contributed by atoms with Crippen LogP contribution in [0.25, 0.3) is 147 Å². The number of anilines is 3. The van der Waals surface area contributed by atoms with Crippen LogP contribution in [-0.2, 0) is 5.41 Å². The Morgan fingerprint density at radius 2 is 0.988 bits per heavy atom. The highest BCUT2D eigenvalue weighted by Gasteiger charge is 2.40. The average molecular weight is 1120 g/mol. The minimum absolute atomic E-state index is 0.485. The second-order valence-electron chi connectivity index (χ2n) is 23.3. The number of fused-ring (bicyclic) bond motifs is 19. The maximum Gasteiger partial charge on any atom is 0.238 e. The number of pyridine rings is 1. The number of hydrogen-bond acceptors (Lipinski definition) is 6. The molecule has 402 valence electrons. The van der Waals surface area contributed by atoms with E-state index in [-0.39, 0.29) is 0 Å². The van der Waals surface area contributed by atoms with Crippen molar-refractivity contribution in [1.82, 2.24) is 24.5 Å². The van der Waals surface area contributed by atoms with Crippen molar-refractivity contribution in [2.24, 2.45) is 0 Å². The van der Waals surface area contributed by atoms with E-state index in [9.17, 15) is 0 Å². The summed E-state index contributed by atoms with van der Waals surface area (Å²) < 4.78 is 4.85. The molecule has 0 radical (unpaired) electrons. The van der Waals surface area contributed by atoms with Crippen molar-refractivity contribution in [2.75, 3.05) is 4.90 Å². The number of benzene rings is 13. The number of aromatic nitrogens is 5. The molecule has 18 rings (SSSR count). The summed E-state index contributed by atoms with van der Waals surface area (Å²) in [6, 6.07) is 93.2. The summed E-state index contributed by atoms with van der Waals surface area (Å²) in [6.45, 7) is 4.86. The predicted octanol–water partition coefficient (Wildman–Crippen LogP) is 21.3. The molecule has 17 aromatic rings. The molecular weight excluding hydrogens is 1060 g/mol. The molecule has 0 saturated heterocycles. The van der Waals surface area contributed by atoms with E-state index >= 15 is 0 Å². The van der Waals surface area contributed by atoms with E-state index < -0.39 is 5.41 Å². The van der Waals surface area contributed by atoms with Crippen LogP contribution in [0.1, 0.15) is 25.0 Å². The van der Waals surface area contributed by atoms with E-state index in [4.69, 9.17) is 15.0 Å². The summed E-state index contributed by atoms with van der Waals surface area (Å²) in [5, 5.41) is 17.0. The Morgan fingerprint density at radius 3 is 1.76 bits per heavy atom. The third kappa shape index (κ3) is 7.12. The molecular formula is C79H50N6S. The minimum atomic E-state index is -0.485. The number of nitrogens with zero attached hydrogens (tertiary/aromatic N) is 6. The third-order valence-corrected chi connectivity index (χ3v) is 19.5. The largest absolute Gasteiger partial charge is 0.308 e. The van der Waals surface area contributed by atoms with E-state index in [1.54, 1.807) is 12.4 Å². The molecule has 0 fully saturated rings. The zero-order valence-electron chi connectivity index (χ0n) is 47.0. The highest BCUT2D eigenvalue weighted by Crippen LogP contribution is 2.56. The Labute approximate surface area is 499 Å². The summed E-state index contributed by atoms with van der Waals surface area (Å²) in [6.07, 6.45) is 3.61. The van der Waals surface area contributed by atoms with Crippen molar-refractivity contribution < 1.29 is 0 Å². The molecule has 0 amide bonds. The van der Waals surface area contributed by atoms with Crippen molar-refractivity contribution in [3.05, 3.63) is 278 Å². The molecule has 13 aromatic carbocycles. The topological polar surface area (TPSA) is 59.7 Å². The molecule has 7 heteroatoms. The van der Waals surface area contributed by atoms with Gasteiger partial charge in [0.1, 0.15) is 0 Å². The monoisotopic (exact) mass is 1110 g/mol. The van der Waals surface area contributed by atoms with E-state index in [1.807, 2.05) is 23.5 Å². The number of hydrogen-bond donors (Lipinski definition) is 0. The van der Waals surface area contributed by atoms with Gasteiger partial charge in [0, 0.05) is 66.3 Å². The first-order chi connectivity index (χ1) is 42.4. The smallest absolute Gasteiger partial charge is 0.238 e. The molecule has 4 aromatic heterocycles. The summed E-state index contributed by atoms with van der Waals surface area (Å²) >= 11 is 1.87. The van der Waals surface area contributed by atoms with Crippen LogP contribution in [0.4, 0.5) is 17.1 Å². The number of thiophene rings is 1. The zero-order chi connectivity index (χ0) is 56.8. The lowest BCUT2D eigenvalue weighted by molar-refractivity contribution is 0.666. The fourth-order valence-corrected chi connectivity index (χ4v) is 15.7. The molecule has 0 aliphatic heterocycles. The summed E-state index contributed by atoms with van der Waals surface area (Å²) in [7, 11) is 0. The molecule has 1 aliphatic rings. The van der Waals surface area contributed by atoms with Crippen molar-refractivity contribution in [1.29, 1.82) is 0 Å². The Bertz CT molecular complexity index is 5710. The molecule has 0 N–H and O–H groups in total. The van der Waals surface area contributed by atoms with Gasteiger partial charge >= 0.3 is 0 Å². The van der Waals surface area contributed by atoms with E-state index in [2.05, 4.69) is 271 Å². The summed E-state index contributed by atoms with van der Waals surface area (Å²) in [5.74, 6) is 1.70. The van der Waals surface area contributed by atoms with E-state index in [0.29, 0.717) is 17.6 Å². The van der Waals surface area contributed by atoms with Crippen LogP contribution >= 0.6 is 11.3 Å². The van der Waals surface area contributed by atoms with Gasteiger partial charge in [0.15, 0.2) is 11.6 Å². The summed E-state index contributed by atoms with van der Waals surface area (Å²) in [4.78, 5) is 23.4. The molecule has 0 bridgehead atoms. The summed E-state index contributed by atoms with van der Waals surface area (Å²) in [5.41, 5.74) is 13.9. The molecule has 4 heterocycles. The van der Waals surface area contributed by atoms with Gasteiger partial charge in [-0.2, -0.15) is 9.97 Å². The minimum Gasteiger partial charge on any atom is -0.308 e. The molecule has 1 aliphatic carbocycles. The maximum atomic E-state index is 5.60. The van der Waals surface area contributed by atoms with Gasteiger partial charge in [0.05, 0.1) is 27.1 Å². The normalized spacial score (nSPS) is 12.9. The van der Waals surface area contributed by atoms with Crippen LogP contribution in [-0.4, -0.2) is 24.5 Å². The van der Waals surface area contributed by atoms with Gasteiger partial charge in [0.25, 0.3) is 0 Å². The first kappa shape index (κ1) is 48.6. The molecule has 0 saturated carbocycles. The SMILES string of the molecule is CC1(C)c2cc(N(c3cc4ccccc4c4ccccc34)c3cccc4c3sc3ccccc34)ccc2-c2ccc3c(c21)c1cc2c4ccccc4c4ccccc4c2cc1n3-c1nc(-c2ccncc2)nc(-c2ccccc2-c2ccccc2)n1. The average Bonchev–Trinajstić information content (AvgIpc) is 1.61. The van der Waals surface area contributed by atoms with Crippen LogP contribution in [0.5, 0.6) is 0 Å². The van der Waals surface area contributed by atoms with Gasteiger partial charge in [-0.05, 0) is 143 Å².